The molecule has 0 N–H and O–H groups in total. The molecular formula is C13H16BrClO2. The Labute approximate surface area is 115 Å². The molecule has 2 rings (SSSR count). The van der Waals surface area contributed by atoms with E-state index in [1.807, 2.05) is 18.2 Å². The first-order chi connectivity index (χ1) is 8.22. The number of ether oxygens (including phenoxy) is 2. The average molecular weight is 320 g/mol. The number of hydrogen-bond donors (Lipinski definition) is 0. The largest absolute Gasteiger partial charge is 0.496 e. The SMILES string of the molecule is COc1ccc(Br)cc1C(Cl)C1CCCOC1. The van der Waals surface area contributed by atoms with E-state index >= 15 is 0 Å². The first-order valence-electron chi connectivity index (χ1n) is 5.77. The summed E-state index contributed by atoms with van der Waals surface area (Å²) in [4.78, 5) is 0. The first kappa shape index (κ1) is 13.2. The fraction of sp³-hybridized carbons (Fsp3) is 0.538. The molecule has 1 fully saturated rings. The number of hydrogen-bond acceptors (Lipinski definition) is 2. The number of methoxy groups -OCH3 is 1. The van der Waals surface area contributed by atoms with E-state index in [2.05, 4.69) is 15.9 Å². The normalized spacial score (nSPS) is 22.2. The van der Waals surface area contributed by atoms with Crippen LogP contribution in [0.3, 0.4) is 0 Å². The van der Waals surface area contributed by atoms with Crippen molar-refractivity contribution in [1.82, 2.24) is 0 Å². The Morgan fingerprint density at radius 1 is 1.53 bits per heavy atom. The van der Waals surface area contributed by atoms with E-state index in [4.69, 9.17) is 21.1 Å². The van der Waals surface area contributed by atoms with Gasteiger partial charge in [0.05, 0.1) is 19.1 Å². The van der Waals surface area contributed by atoms with Gasteiger partial charge in [0.25, 0.3) is 0 Å². The van der Waals surface area contributed by atoms with Crippen LogP contribution in [0.5, 0.6) is 5.75 Å². The predicted octanol–water partition coefficient (Wildman–Crippen LogP) is 4.16. The third-order valence-electron chi connectivity index (χ3n) is 3.10. The van der Waals surface area contributed by atoms with Crippen LogP contribution in [-0.2, 0) is 4.74 Å². The molecule has 17 heavy (non-hydrogen) atoms. The second kappa shape index (κ2) is 6.07. The number of alkyl halides is 1. The van der Waals surface area contributed by atoms with Gasteiger partial charge in [-0.15, -0.1) is 11.6 Å². The van der Waals surface area contributed by atoms with Crippen molar-refractivity contribution in [2.24, 2.45) is 5.92 Å². The molecule has 1 aliphatic rings. The zero-order valence-electron chi connectivity index (χ0n) is 9.79. The van der Waals surface area contributed by atoms with Crippen LogP contribution in [0.1, 0.15) is 23.8 Å². The smallest absolute Gasteiger partial charge is 0.123 e. The van der Waals surface area contributed by atoms with Gasteiger partial charge in [-0.05, 0) is 31.0 Å². The molecule has 0 aliphatic carbocycles. The van der Waals surface area contributed by atoms with Crippen LogP contribution < -0.4 is 4.74 Å². The highest BCUT2D eigenvalue weighted by Gasteiger charge is 2.26. The van der Waals surface area contributed by atoms with Crippen molar-refractivity contribution in [1.29, 1.82) is 0 Å². The lowest BCUT2D eigenvalue weighted by Gasteiger charge is -2.27. The molecule has 0 radical (unpaired) electrons. The lowest BCUT2D eigenvalue weighted by Crippen LogP contribution is -2.21. The van der Waals surface area contributed by atoms with Gasteiger partial charge in [-0.25, -0.2) is 0 Å². The molecular weight excluding hydrogens is 303 g/mol. The third kappa shape index (κ3) is 3.15. The quantitative estimate of drug-likeness (QED) is 0.779. The first-order valence-corrected chi connectivity index (χ1v) is 7.00. The van der Waals surface area contributed by atoms with Crippen molar-refractivity contribution in [3.8, 4) is 5.75 Å². The lowest BCUT2D eigenvalue weighted by molar-refractivity contribution is 0.0529. The summed E-state index contributed by atoms with van der Waals surface area (Å²) in [6.07, 6.45) is 2.20. The maximum Gasteiger partial charge on any atom is 0.123 e. The van der Waals surface area contributed by atoms with Gasteiger partial charge in [0, 0.05) is 22.6 Å². The molecule has 1 aromatic carbocycles. The van der Waals surface area contributed by atoms with Crippen molar-refractivity contribution in [2.45, 2.75) is 18.2 Å². The highest BCUT2D eigenvalue weighted by Crippen LogP contribution is 2.39. The number of benzene rings is 1. The lowest BCUT2D eigenvalue weighted by atomic mass is 9.93. The zero-order valence-corrected chi connectivity index (χ0v) is 12.1. The molecule has 1 aromatic rings. The zero-order chi connectivity index (χ0) is 12.3. The summed E-state index contributed by atoms with van der Waals surface area (Å²) in [5.41, 5.74) is 1.04. The van der Waals surface area contributed by atoms with E-state index in [9.17, 15) is 0 Å². The van der Waals surface area contributed by atoms with Gasteiger partial charge >= 0.3 is 0 Å². The minimum atomic E-state index is -0.0530. The fourth-order valence-electron chi connectivity index (χ4n) is 2.17. The molecule has 1 heterocycles. The maximum absolute atomic E-state index is 6.56. The van der Waals surface area contributed by atoms with E-state index in [-0.39, 0.29) is 5.38 Å². The van der Waals surface area contributed by atoms with Gasteiger partial charge in [0.2, 0.25) is 0 Å². The minimum absolute atomic E-state index is 0.0530. The van der Waals surface area contributed by atoms with Crippen LogP contribution in [0.2, 0.25) is 0 Å². The molecule has 94 valence electrons. The van der Waals surface area contributed by atoms with Crippen molar-refractivity contribution >= 4 is 27.5 Å². The van der Waals surface area contributed by atoms with E-state index in [0.717, 1.165) is 41.8 Å². The van der Waals surface area contributed by atoms with Gasteiger partial charge in [0.15, 0.2) is 0 Å². The molecule has 2 atom stereocenters. The Morgan fingerprint density at radius 3 is 3.00 bits per heavy atom. The Bertz CT molecular complexity index is 378. The van der Waals surface area contributed by atoms with Gasteiger partial charge in [-0.1, -0.05) is 15.9 Å². The van der Waals surface area contributed by atoms with Gasteiger partial charge < -0.3 is 9.47 Å². The van der Waals surface area contributed by atoms with E-state index in [0.29, 0.717) is 5.92 Å². The van der Waals surface area contributed by atoms with Gasteiger partial charge in [-0.3, -0.25) is 0 Å². The molecule has 0 amide bonds. The maximum atomic E-state index is 6.56. The summed E-state index contributed by atoms with van der Waals surface area (Å²) >= 11 is 10.0. The van der Waals surface area contributed by atoms with Crippen molar-refractivity contribution in [2.75, 3.05) is 20.3 Å². The van der Waals surface area contributed by atoms with Crippen LogP contribution in [0, 0.1) is 5.92 Å². The molecule has 0 spiro atoms. The standard InChI is InChI=1S/C13H16BrClO2/c1-16-12-5-4-10(14)7-11(12)13(15)9-3-2-6-17-8-9/h4-5,7,9,13H,2-3,6,8H2,1H3. The molecule has 4 heteroatoms. The molecule has 0 aromatic heterocycles. The van der Waals surface area contributed by atoms with Crippen LogP contribution >= 0.6 is 27.5 Å². The highest BCUT2D eigenvalue weighted by atomic mass is 79.9. The minimum Gasteiger partial charge on any atom is -0.496 e. The summed E-state index contributed by atoms with van der Waals surface area (Å²) in [5.74, 6) is 1.22. The Morgan fingerprint density at radius 2 is 2.35 bits per heavy atom. The number of halogens is 2. The van der Waals surface area contributed by atoms with Crippen molar-refractivity contribution in [3.05, 3.63) is 28.2 Å². The summed E-state index contributed by atoms with van der Waals surface area (Å²) in [6.45, 7) is 1.60. The van der Waals surface area contributed by atoms with Crippen LogP contribution in [0.4, 0.5) is 0 Å². The van der Waals surface area contributed by atoms with E-state index < -0.39 is 0 Å². The molecule has 0 bridgehead atoms. The fourth-order valence-corrected chi connectivity index (χ4v) is 2.92. The summed E-state index contributed by atoms with van der Waals surface area (Å²) < 4.78 is 11.9. The Balaban J connectivity index is 2.21. The van der Waals surface area contributed by atoms with Crippen molar-refractivity contribution in [3.63, 3.8) is 0 Å². The Hall–Kier alpha value is -0.250. The third-order valence-corrected chi connectivity index (χ3v) is 4.18. The van der Waals surface area contributed by atoms with Crippen LogP contribution in [0.25, 0.3) is 0 Å². The van der Waals surface area contributed by atoms with Gasteiger partial charge in [-0.2, -0.15) is 0 Å². The van der Waals surface area contributed by atoms with E-state index in [1.54, 1.807) is 7.11 Å². The summed E-state index contributed by atoms with van der Waals surface area (Å²) in [7, 11) is 1.67. The van der Waals surface area contributed by atoms with E-state index in [1.165, 1.54) is 0 Å². The van der Waals surface area contributed by atoms with Gasteiger partial charge in [0.1, 0.15) is 5.75 Å². The number of rotatable bonds is 3. The summed E-state index contributed by atoms with van der Waals surface area (Å²) in [6, 6.07) is 5.94. The molecule has 1 saturated heterocycles. The second-order valence-electron chi connectivity index (χ2n) is 4.27. The predicted molar refractivity (Wildman–Crippen MR) is 72.8 cm³/mol. The molecule has 0 saturated carbocycles. The average Bonchev–Trinajstić information content (AvgIpc) is 2.39. The molecule has 2 unspecified atom stereocenters. The van der Waals surface area contributed by atoms with Crippen molar-refractivity contribution < 1.29 is 9.47 Å². The van der Waals surface area contributed by atoms with Crippen LogP contribution in [0.15, 0.2) is 22.7 Å². The van der Waals surface area contributed by atoms with Crippen LogP contribution in [-0.4, -0.2) is 20.3 Å². The second-order valence-corrected chi connectivity index (χ2v) is 5.65. The summed E-state index contributed by atoms with van der Waals surface area (Å²) in [5, 5.41) is -0.0530. The Kier molecular flexibility index (Phi) is 4.71. The topological polar surface area (TPSA) is 18.5 Å². The highest BCUT2D eigenvalue weighted by molar-refractivity contribution is 9.10. The molecule has 1 aliphatic heterocycles. The monoisotopic (exact) mass is 318 g/mol. The molecule has 2 nitrogen and oxygen atoms in total.